The molecule has 0 aliphatic heterocycles. The predicted octanol–water partition coefficient (Wildman–Crippen LogP) is 1.53. The van der Waals surface area contributed by atoms with Gasteiger partial charge in [-0.05, 0) is 28.9 Å². The van der Waals surface area contributed by atoms with Crippen molar-refractivity contribution >= 4 is 21.6 Å². The highest BCUT2D eigenvalue weighted by Crippen LogP contribution is 2.23. The second-order valence-electron chi connectivity index (χ2n) is 2.99. The van der Waals surface area contributed by atoms with Crippen LogP contribution in [0.2, 0.25) is 0 Å². The first-order valence-electron chi connectivity index (χ1n) is 4.37. The van der Waals surface area contributed by atoms with Crippen molar-refractivity contribution in [2.45, 2.75) is 13.0 Å². The summed E-state index contributed by atoms with van der Waals surface area (Å²) in [7, 11) is 0. The molecular weight excluding hydrogens is 260 g/mol. The Hall–Kier alpha value is -1.50. The van der Waals surface area contributed by atoms with Crippen LogP contribution < -0.4 is 5.32 Å². The molecule has 15 heavy (non-hydrogen) atoms. The van der Waals surface area contributed by atoms with Gasteiger partial charge in [-0.15, -0.1) is 10.2 Å². The van der Waals surface area contributed by atoms with E-state index in [1.807, 2.05) is 13.0 Å². The van der Waals surface area contributed by atoms with Crippen molar-refractivity contribution in [2.75, 3.05) is 5.32 Å². The summed E-state index contributed by atoms with van der Waals surface area (Å²) < 4.78 is 0.903. The maximum absolute atomic E-state index is 3.98. The SMILES string of the molecule is CC(Nc1ccncc1Br)c1nn[nH]n1. The fraction of sp³-hybridized carbons (Fsp3) is 0.250. The number of hydrogen-bond acceptors (Lipinski definition) is 5. The molecule has 0 saturated carbocycles. The molecule has 0 spiro atoms. The number of rotatable bonds is 3. The van der Waals surface area contributed by atoms with Crippen LogP contribution in [0.15, 0.2) is 22.9 Å². The summed E-state index contributed by atoms with van der Waals surface area (Å²) in [6.07, 6.45) is 3.45. The zero-order valence-electron chi connectivity index (χ0n) is 7.98. The molecule has 2 aromatic heterocycles. The molecule has 6 nitrogen and oxygen atoms in total. The lowest BCUT2D eigenvalue weighted by molar-refractivity contribution is 0.792. The number of aromatic amines is 1. The van der Waals surface area contributed by atoms with E-state index in [-0.39, 0.29) is 6.04 Å². The third-order valence-electron chi connectivity index (χ3n) is 1.89. The number of hydrogen-bond donors (Lipinski definition) is 2. The number of nitrogens with one attached hydrogen (secondary N) is 2. The zero-order valence-corrected chi connectivity index (χ0v) is 9.56. The van der Waals surface area contributed by atoms with Crippen molar-refractivity contribution in [3.8, 4) is 0 Å². The smallest absolute Gasteiger partial charge is 0.196 e. The average molecular weight is 269 g/mol. The van der Waals surface area contributed by atoms with E-state index in [0.717, 1.165) is 10.2 Å². The lowest BCUT2D eigenvalue weighted by atomic mass is 10.3. The highest BCUT2D eigenvalue weighted by atomic mass is 79.9. The minimum atomic E-state index is -0.0116. The third kappa shape index (κ3) is 2.30. The van der Waals surface area contributed by atoms with E-state index in [4.69, 9.17) is 0 Å². The second kappa shape index (κ2) is 4.35. The Morgan fingerprint density at radius 2 is 2.40 bits per heavy atom. The Morgan fingerprint density at radius 1 is 1.53 bits per heavy atom. The van der Waals surface area contributed by atoms with Gasteiger partial charge in [-0.25, -0.2) is 0 Å². The van der Waals surface area contributed by atoms with E-state index >= 15 is 0 Å². The van der Waals surface area contributed by atoms with Crippen molar-refractivity contribution in [1.82, 2.24) is 25.6 Å². The molecule has 0 aliphatic rings. The molecule has 2 N–H and O–H groups in total. The number of aromatic nitrogens is 5. The molecular formula is C8H9BrN6. The van der Waals surface area contributed by atoms with Gasteiger partial charge < -0.3 is 5.32 Å². The molecule has 0 radical (unpaired) electrons. The first-order chi connectivity index (χ1) is 7.27. The number of pyridine rings is 1. The fourth-order valence-electron chi connectivity index (χ4n) is 1.14. The molecule has 78 valence electrons. The van der Waals surface area contributed by atoms with Gasteiger partial charge in [0.2, 0.25) is 0 Å². The summed E-state index contributed by atoms with van der Waals surface area (Å²) in [6.45, 7) is 1.96. The van der Waals surface area contributed by atoms with Crippen LogP contribution in [0, 0.1) is 0 Å². The number of tetrazole rings is 1. The third-order valence-corrected chi connectivity index (χ3v) is 2.53. The van der Waals surface area contributed by atoms with E-state index in [2.05, 4.69) is 46.9 Å². The molecule has 0 amide bonds. The number of H-pyrrole nitrogens is 1. The topological polar surface area (TPSA) is 79.4 Å². The van der Waals surface area contributed by atoms with Gasteiger partial charge in [-0.1, -0.05) is 5.21 Å². The summed E-state index contributed by atoms with van der Waals surface area (Å²) in [5.41, 5.74) is 0.947. The number of anilines is 1. The Labute approximate surface area is 94.6 Å². The van der Waals surface area contributed by atoms with E-state index in [1.165, 1.54) is 0 Å². The standard InChI is InChI=1S/C8H9BrN6/c1-5(8-12-14-15-13-8)11-7-2-3-10-4-6(7)9/h2-5H,1H3,(H,10,11)(H,12,13,14,15). The fourth-order valence-corrected chi connectivity index (χ4v) is 1.51. The number of nitrogens with zero attached hydrogens (tertiary/aromatic N) is 4. The second-order valence-corrected chi connectivity index (χ2v) is 3.85. The molecule has 0 aliphatic carbocycles. The highest BCUT2D eigenvalue weighted by Gasteiger charge is 2.10. The van der Waals surface area contributed by atoms with Gasteiger partial charge in [-0.2, -0.15) is 5.21 Å². The molecule has 7 heteroatoms. The van der Waals surface area contributed by atoms with Gasteiger partial charge in [0.15, 0.2) is 5.82 Å². The summed E-state index contributed by atoms with van der Waals surface area (Å²) in [5, 5.41) is 17.0. The Kier molecular flexibility index (Phi) is 2.91. The van der Waals surface area contributed by atoms with Gasteiger partial charge >= 0.3 is 0 Å². The molecule has 0 saturated heterocycles. The molecule has 0 fully saturated rings. The molecule has 2 aromatic rings. The summed E-state index contributed by atoms with van der Waals surface area (Å²) in [6, 6.07) is 1.86. The first-order valence-corrected chi connectivity index (χ1v) is 5.16. The predicted molar refractivity (Wildman–Crippen MR) is 58.2 cm³/mol. The summed E-state index contributed by atoms with van der Waals surface area (Å²) in [4.78, 5) is 3.98. The van der Waals surface area contributed by atoms with E-state index < -0.39 is 0 Å². The molecule has 1 atom stereocenters. The Morgan fingerprint density at radius 3 is 3.07 bits per heavy atom. The van der Waals surface area contributed by atoms with Crippen molar-refractivity contribution in [3.05, 3.63) is 28.8 Å². The van der Waals surface area contributed by atoms with Crippen LogP contribution in [-0.2, 0) is 0 Å². The van der Waals surface area contributed by atoms with Crippen LogP contribution in [-0.4, -0.2) is 25.6 Å². The summed E-state index contributed by atoms with van der Waals surface area (Å²) >= 11 is 3.40. The van der Waals surface area contributed by atoms with Crippen LogP contribution in [0.5, 0.6) is 0 Å². The van der Waals surface area contributed by atoms with Gasteiger partial charge in [0.25, 0.3) is 0 Å². The van der Waals surface area contributed by atoms with E-state index in [1.54, 1.807) is 12.4 Å². The van der Waals surface area contributed by atoms with Gasteiger partial charge in [0.1, 0.15) is 0 Å². The highest BCUT2D eigenvalue weighted by molar-refractivity contribution is 9.10. The van der Waals surface area contributed by atoms with Crippen molar-refractivity contribution in [1.29, 1.82) is 0 Å². The molecule has 2 heterocycles. The van der Waals surface area contributed by atoms with Gasteiger partial charge in [0.05, 0.1) is 16.2 Å². The molecule has 1 unspecified atom stereocenters. The van der Waals surface area contributed by atoms with Gasteiger partial charge in [-0.3, -0.25) is 4.98 Å². The van der Waals surface area contributed by atoms with Crippen LogP contribution in [0.4, 0.5) is 5.69 Å². The van der Waals surface area contributed by atoms with Crippen molar-refractivity contribution < 1.29 is 0 Å². The molecule has 0 aromatic carbocycles. The van der Waals surface area contributed by atoms with Crippen LogP contribution in [0.25, 0.3) is 0 Å². The van der Waals surface area contributed by atoms with Crippen LogP contribution >= 0.6 is 15.9 Å². The first kappa shape index (κ1) is 10.0. The molecule has 2 rings (SSSR count). The van der Waals surface area contributed by atoms with Crippen molar-refractivity contribution in [2.24, 2.45) is 0 Å². The largest absolute Gasteiger partial charge is 0.374 e. The van der Waals surface area contributed by atoms with Crippen LogP contribution in [0.3, 0.4) is 0 Å². The maximum atomic E-state index is 3.98. The average Bonchev–Trinajstić information content (AvgIpc) is 2.74. The monoisotopic (exact) mass is 268 g/mol. The quantitative estimate of drug-likeness (QED) is 0.883. The normalized spacial score (nSPS) is 12.4. The maximum Gasteiger partial charge on any atom is 0.196 e. The van der Waals surface area contributed by atoms with E-state index in [9.17, 15) is 0 Å². The van der Waals surface area contributed by atoms with E-state index in [0.29, 0.717) is 5.82 Å². The van der Waals surface area contributed by atoms with Crippen molar-refractivity contribution in [3.63, 3.8) is 0 Å². The van der Waals surface area contributed by atoms with Crippen LogP contribution in [0.1, 0.15) is 18.8 Å². The summed E-state index contributed by atoms with van der Waals surface area (Å²) in [5.74, 6) is 0.624. The Balaban J connectivity index is 2.13. The molecule has 0 bridgehead atoms. The lowest BCUT2D eigenvalue weighted by Gasteiger charge is -2.12. The van der Waals surface area contributed by atoms with Gasteiger partial charge in [0, 0.05) is 12.4 Å². The Bertz CT molecular complexity index is 428. The minimum Gasteiger partial charge on any atom is -0.374 e. The lowest BCUT2D eigenvalue weighted by Crippen LogP contribution is -2.09. The minimum absolute atomic E-state index is 0.0116. The zero-order chi connectivity index (χ0) is 10.7. The number of halogens is 1.